The van der Waals surface area contributed by atoms with Gasteiger partial charge in [-0.1, -0.05) is 29.3 Å². The molecule has 1 fully saturated rings. The summed E-state index contributed by atoms with van der Waals surface area (Å²) in [4.78, 5) is 33.5. The second kappa shape index (κ2) is 8.20. The zero-order valence-electron chi connectivity index (χ0n) is 14.3. The maximum absolute atomic E-state index is 12.6. The van der Waals surface area contributed by atoms with Crippen LogP contribution in [0.2, 0.25) is 10.0 Å². The van der Waals surface area contributed by atoms with E-state index in [0.717, 1.165) is 12.8 Å². The van der Waals surface area contributed by atoms with Gasteiger partial charge in [-0.25, -0.2) is 4.98 Å². The van der Waals surface area contributed by atoms with Gasteiger partial charge in [-0.3, -0.25) is 9.59 Å². The Morgan fingerprint density at radius 1 is 1.38 bits per heavy atom. The number of H-pyrrole nitrogens is 1. The molecule has 1 saturated heterocycles. The normalized spacial score (nSPS) is 17.3. The summed E-state index contributed by atoms with van der Waals surface area (Å²) >= 11 is 12.3. The van der Waals surface area contributed by atoms with Crippen LogP contribution in [-0.4, -0.2) is 47.1 Å². The Bertz CT molecular complexity index is 849. The van der Waals surface area contributed by atoms with Crippen LogP contribution in [0.15, 0.2) is 29.2 Å². The van der Waals surface area contributed by atoms with Crippen molar-refractivity contribution in [2.45, 2.75) is 25.4 Å². The molecule has 0 bridgehead atoms. The number of halogens is 2. The van der Waals surface area contributed by atoms with Crippen LogP contribution in [0, 0.1) is 0 Å². The second-order valence-corrected chi connectivity index (χ2v) is 7.02. The molecule has 2 aromatic rings. The number of rotatable bonds is 4. The molecule has 1 N–H and O–H groups in total. The van der Waals surface area contributed by atoms with E-state index in [-0.39, 0.29) is 24.0 Å². The van der Waals surface area contributed by atoms with Gasteiger partial charge in [0.2, 0.25) is 0 Å². The molecule has 0 spiro atoms. The smallest absolute Gasteiger partial charge is 0.263 e. The van der Waals surface area contributed by atoms with Gasteiger partial charge in [-0.05, 0) is 30.5 Å². The van der Waals surface area contributed by atoms with E-state index in [0.29, 0.717) is 34.5 Å². The first-order chi connectivity index (χ1) is 12.5. The number of benzene rings is 1. The summed E-state index contributed by atoms with van der Waals surface area (Å²) in [6.45, 7) is 1.08. The molecule has 138 valence electrons. The number of hydrogen-bond acceptors (Lipinski definition) is 4. The van der Waals surface area contributed by atoms with Crippen molar-refractivity contribution in [3.63, 3.8) is 0 Å². The second-order valence-electron chi connectivity index (χ2n) is 6.20. The van der Waals surface area contributed by atoms with Gasteiger partial charge in [0, 0.05) is 42.9 Å². The molecule has 1 aliphatic heterocycles. The number of carbonyl (C=O) groups is 1. The third-order valence-corrected chi connectivity index (χ3v) is 5.20. The lowest BCUT2D eigenvalue weighted by Gasteiger charge is -2.31. The minimum Gasteiger partial charge on any atom is -0.380 e. The summed E-state index contributed by atoms with van der Waals surface area (Å²) in [5.41, 5.74) is 0.232. The maximum atomic E-state index is 12.6. The van der Waals surface area contributed by atoms with Crippen molar-refractivity contribution in [2.75, 3.05) is 20.2 Å². The van der Waals surface area contributed by atoms with E-state index in [1.807, 2.05) is 0 Å². The number of nitrogens with zero attached hydrogens (tertiary/aromatic N) is 2. The first-order valence-electron chi connectivity index (χ1n) is 8.32. The SMILES string of the molecule is CO[C@@H]1CCCN(C(=O)c2cnc(Cc3c(Cl)cccc3Cl)[nH]c2=O)C1. The number of hydrogen-bond donors (Lipinski definition) is 1. The van der Waals surface area contributed by atoms with E-state index < -0.39 is 5.56 Å². The van der Waals surface area contributed by atoms with Crippen molar-refractivity contribution in [3.8, 4) is 0 Å². The van der Waals surface area contributed by atoms with Crippen LogP contribution in [0.3, 0.4) is 0 Å². The van der Waals surface area contributed by atoms with E-state index in [9.17, 15) is 9.59 Å². The molecule has 2 heterocycles. The summed E-state index contributed by atoms with van der Waals surface area (Å²) in [7, 11) is 1.63. The predicted octanol–water partition coefficient (Wildman–Crippen LogP) is 2.92. The summed E-state index contributed by atoms with van der Waals surface area (Å²) in [6, 6.07) is 5.20. The van der Waals surface area contributed by atoms with Crippen molar-refractivity contribution in [1.29, 1.82) is 0 Å². The van der Waals surface area contributed by atoms with Crippen LogP contribution in [0.25, 0.3) is 0 Å². The summed E-state index contributed by atoms with van der Waals surface area (Å²) in [6.07, 6.45) is 3.35. The summed E-state index contributed by atoms with van der Waals surface area (Å²) < 4.78 is 5.33. The van der Waals surface area contributed by atoms with Gasteiger partial charge in [0.25, 0.3) is 11.5 Å². The number of piperidine rings is 1. The number of methoxy groups -OCH3 is 1. The Hall–Kier alpha value is -1.89. The molecule has 1 aromatic heterocycles. The minimum absolute atomic E-state index is 0.00128. The van der Waals surface area contributed by atoms with Gasteiger partial charge in [0.05, 0.1) is 6.10 Å². The molecule has 6 nitrogen and oxygen atoms in total. The van der Waals surface area contributed by atoms with E-state index in [1.165, 1.54) is 6.20 Å². The van der Waals surface area contributed by atoms with Gasteiger partial charge in [-0.15, -0.1) is 0 Å². The van der Waals surface area contributed by atoms with Crippen LogP contribution in [-0.2, 0) is 11.2 Å². The molecule has 0 unspecified atom stereocenters. The average molecular weight is 396 g/mol. The molecule has 1 aliphatic rings. The molecular formula is C18H19Cl2N3O3. The fourth-order valence-corrected chi connectivity index (χ4v) is 3.56. The first kappa shape index (κ1) is 18.9. The largest absolute Gasteiger partial charge is 0.380 e. The average Bonchev–Trinajstić information content (AvgIpc) is 2.64. The molecule has 3 rings (SSSR count). The number of likely N-dealkylation sites (tertiary alicyclic amines) is 1. The molecule has 26 heavy (non-hydrogen) atoms. The zero-order chi connectivity index (χ0) is 18.7. The Labute approximate surface area is 161 Å². The minimum atomic E-state index is -0.470. The first-order valence-corrected chi connectivity index (χ1v) is 9.08. The van der Waals surface area contributed by atoms with Gasteiger partial charge < -0.3 is 14.6 Å². The molecule has 0 aliphatic carbocycles. The van der Waals surface area contributed by atoms with Crippen LogP contribution >= 0.6 is 23.2 Å². The lowest BCUT2D eigenvalue weighted by molar-refractivity contribution is 0.0267. The molecule has 1 atom stereocenters. The Morgan fingerprint density at radius 2 is 2.12 bits per heavy atom. The Kier molecular flexibility index (Phi) is 5.96. The maximum Gasteiger partial charge on any atom is 0.263 e. The highest BCUT2D eigenvalue weighted by Crippen LogP contribution is 2.25. The highest BCUT2D eigenvalue weighted by atomic mass is 35.5. The number of carbonyl (C=O) groups excluding carboxylic acids is 1. The Morgan fingerprint density at radius 3 is 2.77 bits per heavy atom. The predicted molar refractivity (Wildman–Crippen MR) is 100 cm³/mol. The topological polar surface area (TPSA) is 75.3 Å². The van der Waals surface area contributed by atoms with E-state index in [2.05, 4.69) is 9.97 Å². The third kappa shape index (κ3) is 4.09. The van der Waals surface area contributed by atoms with Crippen LogP contribution in [0.4, 0.5) is 0 Å². The molecule has 1 amide bonds. The number of aromatic nitrogens is 2. The van der Waals surface area contributed by atoms with Crippen LogP contribution in [0.1, 0.15) is 34.6 Å². The van der Waals surface area contributed by atoms with Crippen molar-refractivity contribution in [1.82, 2.24) is 14.9 Å². The summed E-state index contributed by atoms with van der Waals surface area (Å²) in [5.74, 6) is 0.0674. The number of nitrogens with one attached hydrogen (secondary N) is 1. The fraction of sp³-hybridized carbons (Fsp3) is 0.389. The highest BCUT2D eigenvalue weighted by Gasteiger charge is 2.26. The highest BCUT2D eigenvalue weighted by molar-refractivity contribution is 6.36. The fourth-order valence-electron chi connectivity index (χ4n) is 3.03. The van der Waals surface area contributed by atoms with Crippen molar-refractivity contribution in [3.05, 3.63) is 61.7 Å². The van der Waals surface area contributed by atoms with Crippen molar-refractivity contribution >= 4 is 29.1 Å². The monoisotopic (exact) mass is 395 g/mol. The molecule has 8 heteroatoms. The lowest BCUT2D eigenvalue weighted by Crippen LogP contribution is -2.44. The summed E-state index contributed by atoms with van der Waals surface area (Å²) in [5, 5.41) is 0.999. The molecular weight excluding hydrogens is 377 g/mol. The standard InChI is InChI=1S/C18H19Cl2N3O3/c1-26-11-4-3-7-23(10-11)18(25)13-9-21-16(22-17(13)24)8-12-14(19)5-2-6-15(12)20/h2,5-6,9,11H,3-4,7-8,10H2,1H3,(H,21,22,24)/t11-/m1/s1. The molecule has 0 saturated carbocycles. The van der Waals surface area contributed by atoms with E-state index >= 15 is 0 Å². The van der Waals surface area contributed by atoms with E-state index in [1.54, 1.807) is 30.2 Å². The van der Waals surface area contributed by atoms with Crippen LogP contribution in [0.5, 0.6) is 0 Å². The van der Waals surface area contributed by atoms with Crippen molar-refractivity contribution in [2.24, 2.45) is 0 Å². The quantitative estimate of drug-likeness (QED) is 0.863. The number of ether oxygens (including phenoxy) is 1. The Balaban J connectivity index is 1.79. The number of amides is 1. The molecule has 0 radical (unpaired) electrons. The zero-order valence-corrected chi connectivity index (χ0v) is 15.8. The van der Waals surface area contributed by atoms with Crippen molar-refractivity contribution < 1.29 is 9.53 Å². The third-order valence-electron chi connectivity index (χ3n) is 4.49. The van der Waals surface area contributed by atoms with Gasteiger partial charge in [0.1, 0.15) is 11.4 Å². The van der Waals surface area contributed by atoms with Gasteiger partial charge >= 0.3 is 0 Å². The molecule has 1 aromatic carbocycles. The van der Waals surface area contributed by atoms with Crippen LogP contribution < -0.4 is 5.56 Å². The van der Waals surface area contributed by atoms with Gasteiger partial charge in [0.15, 0.2) is 0 Å². The number of aromatic amines is 1. The van der Waals surface area contributed by atoms with Gasteiger partial charge in [-0.2, -0.15) is 0 Å². The lowest BCUT2D eigenvalue weighted by atomic mass is 10.1. The van der Waals surface area contributed by atoms with E-state index in [4.69, 9.17) is 27.9 Å².